The first-order valence-corrected chi connectivity index (χ1v) is 16.0. The van der Waals surface area contributed by atoms with E-state index in [-0.39, 0.29) is 12.4 Å². The molecule has 4 atom stereocenters. The van der Waals surface area contributed by atoms with Crippen molar-refractivity contribution in [1.29, 1.82) is 0 Å². The minimum Gasteiger partial charge on any atom is -0.377 e. The summed E-state index contributed by atoms with van der Waals surface area (Å²) in [6, 6.07) is 15.8. The van der Waals surface area contributed by atoms with Crippen LogP contribution < -0.4 is 0 Å². The van der Waals surface area contributed by atoms with E-state index in [1.54, 1.807) is 7.11 Å². The number of rotatable bonds is 8. The summed E-state index contributed by atoms with van der Waals surface area (Å²) in [5, 5.41) is 2.76. The summed E-state index contributed by atoms with van der Waals surface area (Å²) >= 11 is 0. The molecular weight excluding hydrogens is 490 g/mol. The van der Waals surface area contributed by atoms with E-state index in [0.717, 1.165) is 6.42 Å². The predicted molar refractivity (Wildman–Crippen MR) is 169 cm³/mol. The Morgan fingerprint density at radius 3 is 1.98 bits per heavy atom. The zero-order valence-corrected chi connectivity index (χ0v) is 25.9. The highest BCUT2D eigenvalue weighted by Crippen LogP contribution is 2.44. The smallest absolute Gasteiger partial charge is 0.158 e. The number of Topliss-reactive ketones (excluding diaryl/α,β-unsaturated/α-hetero) is 1. The molecule has 0 radical (unpaired) electrons. The third-order valence-corrected chi connectivity index (χ3v) is 9.54. The van der Waals surface area contributed by atoms with Crippen molar-refractivity contribution in [3.8, 4) is 11.1 Å². The van der Waals surface area contributed by atoms with Crippen LogP contribution in [-0.2, 0) is 16.0 Å². The number of nitrogens with zero attached hydrogens (tertiary/aromatic N) is 1. The van der Waals surface area contributed by atoms with Gasteiger partial charge in [0.15, 0.2) is 5.78 Å². The highest BCUT2D eigenvalue weighted by atomic mass is 16.5. The summed E-state index contributed by atoms with van der Waals surface area (Å²) in [5.74, 6) is 2.70. The molecule has 0 amide bonds. The lowest BCUT2D eigenvalue weighted by Gasteiger charge is -2.33. The van der Waals surface area contributed by atoms with Crippen molar-refractivity contribution in [1.82, 2.24) is 4.98 Å². The van der Waals surface area contributed by atoms with Crippen LogP contribution in [0.1, 0.15) is 120 Å². The first-order valence-electron chi connectivity index (χ1n) is 16.0. The van der Waals surface area contributed by atoms with E-state index < -0.39 is 0 Å². The second-order valence-corrected chi connectivity index (χ2v) is 12.2. The second-order valence-electron chi connectivity index (χ2n) is 12.2. The van der Waals surface area contributed by atoms with Gasteiger partial charge in [-0.3, -0.25) is 9.78 Å². The summed E-state index contributed by atoms with van der Waals surface area (Å²) in [6.45, 7) is 11.4. The molecular formula is C37H51NO2. The van der Waals surface area contributed by atoms with Crippen molar-refractivity contribution >= 4 is 16.6 Å². The van der Waals surface area contributed by atoms with Gasteiger partial charge in [-0.15, -0.1) is 0 Å². The van der Waals surface area contributed by atoms with Crippen LogP contribution in [0.15, 0.2) is 42.5 Å². The quantitative estimate of drug-likeness (QED) is 0.285. The number of ether oxygens (including phenoxy) is 1. The topological polar surface area (TPSA) is 39.2 Å². The fraction of sp³-hybridized carbons (Fsp3) is 0.568. The van der Waals surface area contributed by atoms with Crippen LogP contribution in [0.5, 0.6) is 0 Å². The molecule has 0 aliphatic heterocycles. The predicted octanol–water partition coefficient (Wildman–Crippen LogP) is 9.97. The van der Waals surface area contributed by atoms with Gasteiger partial charge in [-0.05, 0) is 71.7 Å². The third kappa shape index (κ3) is 6.85. The number of ketones is 1. The fourth-order valence-electron chi connectivity index (χ4n) is 7.14. The average Bonchev–Trinajstić information content (AvgIpc) is 2.99. The normalized spacial score (nSPS) is 22.9. The minimum absolute atomic E-state index is 0.154. The molecule has 0 bridgehead atoms. The lowest BCUT2D eigenvalue weighted by molar-refractivity contribution is -0.122. The number of carbonyl (C=O) groups is 1. The maximum absolute atomic E-state index is 11.9. The molecule has 2 aliphatic carbocycles. The van der Waals surface area contributed by atoms with Crippen molar-refractivity contribution in [2.45, 2.75) is 111 Å². The minimum atomic E-state index is 0.154. The fourth-order valence-corrected chi connectivity index (χ4v) is 7.14. The van der Waals surface area contributed by atoms with Crippen molar-refractivity contribution in [2.24, 2.45) is 11.8 Å². The molecule has 1 heterocycles. The Morgan fingerprint density at radius 2 is 1.38 bits per heavy atom. The van der Waals surface area contributed by atoms with Crippen LogP contribution in [0.3, 0.4) is 0 Å². The number of aryl methyl sites for hydroxylation is 2. The average molecular weight is 542 g/mol. The molecule has 0 N–H and O–H groups in total. The van der Waals surface area contributed by atoms with Crippen LogP contribution in [0.4, 0.5) is 0 Å². The molecule has 3 nitrogen and oxygen atoms in total. The molecule has 2 unspecified atom stereocenters. The van der Waals surface area contributed by atoms with Crippen LogP contribution in [0.2, 0.25) is 0 Å². The summed E-state index contributed by atoms with van der Waals surface area (Å²) in [7, 11) is 1.57. The van der Waals surface area contributed by atoms with Crippen LogP contribution in [-0.4, -0.2) is 24.5 Å². The zero-order valence-electron chi connectivity index (χ0n) is 25.9. The van der Waals surface area contributed by atoms with Gasteiger partial charge in [0, 0.05) is 36.4 Å². The van der Waals surface area contributed by atoms with Gasteiger partial charge in [0.25, 0.3) is 0 Å². The first kappa shape index (κ1) is 30.4. The van der Waals surface area contributed by atoms with E-state index in [4.69, 9.17) is 9.72 Å². The number of hydrogen-bond acceptors (Lipinski definition) is 3. The SMILES string of the molecule is CC.COCC(=O)CCc1ccc(-c2ccc3c(C4CCCC[C@@H]4C)nc(C4CCCC[C@@H]4C)c(C)c3c2)cc1. The van der Waals surface area contributed by atoms with Crippen LogP contribution in [0.25, 0.3) is 21.9 Å². The number of aromatic nitrogens is 1. The Morgan fingerprint density at radius 1 is 0.800 bits per heavy atom. The number of pyridine rings is 1. The van der Waals surface area contributed by atoms with Gasteiger partial charge in [0.05, 0.1) is 5.69 Å². The van der Waals surface area contributed by atoms with Gasteiger partial charge in [-0.2, -0.15) is 0 Å². The molecule has 0 spiro atoms. The summed E-state index contributed by atoms with van der Waals surface area (Å²) in [6.07, 6.45) is 11.8. The molecule has 2 aliphatic rings. The van der Waals surface area contributed by atoms with E-state index in [1.165, 1.54) is 95.8 Å². The monoisotopic (exact) mass is 541 g/mol. The number of methoxy groups -OCH3 is 1. The van der Waals surface area contributed by atoms with E-state index in [2.05, 4.69) is 63.2 Å². The van der Waals surface area contributed by atoms with Crippen molar-refractivity contribution < 1.29 is 9.53 Å². The summed E-state index contributed by atoms with van der Waals surface area (Å²) in [5.41, 5.74) is 7.83. The first-order chi connectivity index (χ1) is 19.5. The Balaban J connectivity index is 0.00000181. The standard InChI is InChI=1S/C35H45NO2.C2H6/c1-23-9-5-7-11-30(23)34-25(3)33-21-28(27-16-13-26(14-17-27)15-19-29(37)22-38-4)18-20-32(33)35(36-34)31-12-8-6-10-24(31)2;1-2/h13-14,16-18,20-21,23-24,30-31H,5-12,15,19,22H2,1-4H3;1-2H3/t23-,24-,30?,31?;/m0./s1. The Labute approximate surface area is 243 Å². The highest BCUT2D eigenvalue weighted by Gasteiger charge is 2.31. The van der Waals surface area contributed by atoms with Gasteiger partial charge in [0.1, 0.15) is 6.61 Å². The molecule has 3 aromatic rings. The van der Waals surface area contributed by atoms with Gasteiger partial charge in [-0.25, -0.2) is 0 Å². The number of carbonyl (C=O) groups excluding carboxylic acids is 1. The molecule has 40 heavy (non-hydrogen) atoms. The number of hydrogen-bond donors (Lipinski definition) is 0. The van der Waals surface area contributed by atoms with Gasteiger partial charge >= 0.3 is 0 Å². The Bertz CT molecular complexity index is 1260. The van der Waals surface area contributed by atoms with E-state index in [0.29, 0.717) is 30.1 Å². The lowest BCUT2D eigenvalue weighted by Crippen LogP contribution is -2.21. The van der Waals surface area contributed by atoms with Gasteiger partial charge < -0.3 is 4.74 Å². The number of fused-ring (bicyclic) bond motifs is 1. The van der Waals surface area contributed by atoms with E-state index in [9.17, 15) is 4.79 Å². The summed E-state index contributed by atoms with van der Waals surface area (Å²) < 4.78 is 4.97. The molecule has 2 aromatic carbocycles. The van der Waals surface area contributed by atoms with Crippen molar-refractivity contribution in [3.63, 3.8) is 0 Å². The number of benzene rings is 2. The second kappa shape index (κ2) is 14.4. The molecule has 3 heteroatoms. The largest absolute Gasteiger partial charge is 0.377 e. The molecule has 2 saturated carbocycles. The van der Waals surface area contributed by atoms with Crippen molar-refractivity contribution in [2.75, 3.05) is 13.7 Å². The van der Waals surface area contributed by atoms with Gasteiger partial charge in [0.2, 0.25) is 0 Å². The molecule has 1 aromatic heterocycles. The van der Waals surface area contributed by atoms with E-state index >= 15 is 0 Å². The van der Waals surface area contributed by atoms with Crippen LogP contribution in [0, 0.1) is 18.8 Å². The maximum Gasteiger partial charge on any atom is 0.158 e. The Kier molecular flexibility index (Phi) is 11.0. The summed E-state index contributed by atoms with van der Waals surface area (Å²) in [4.78, 5) is 17.4. The molecule has 2 fully saturated rings. The van der Waals surface area contributed by atoms with Gasteiger partial charge in [-0.1, -0.05) is 103 Å². The van der Waals surface area contributed by atoms with E-state index in [1.807, 2.05) is 13.8 Å². The molecule has 216 valence electrons. The lowest BCUT2D eigenvalue weighted by atomic mass is 9.74. The van der Waals surface area contributed by atoms with Crippen LogP contribution >= 0.6 is 0 Å². The maximum atomic E-state index is 11.9. The molecule has 5 rings (SSSR count). The zero-order chi connectivity index (χ0) is 28.6. The Hall–Kier alpha value is -2.52. The third-order valence-electron chi connectivity index (χ3n) is 9.54. The molecule has 0 saturated heterocycles. The highest BCUT2D eigenvalue weighted by molar-refractivity contribution is 5.92. The van der Waals surface area contributed by atoms with Crippen molar-refractivity contribution in [3.05, 3.63) is 65.0 Å².